The van der Waals surface area contributed by atoms with Gasteiger partial charge in [0.05, 0.1) is 17.9 Å². The summed E-state index contributed by atoms with van der Waals surface area (Å²) in [4.78, 5) is 21.0. The number of thioether (sulfide) groups is 1. The summed E-state index contributed by atoms with van der Waals surface area (Å²) in [7, 11) is 1.60. The van der Waals surface area contributed by atoms with E-state index in [1.165, 1.54) is 11.8 Å². The van der Waals surface area contributed by atoms with Crippen molar-refractivity contribution in [3.63, 3.8) is 0 Å². The number of rotatable bonds is 8. The Balaban J connectivity index is 1.77. The smallest absolute Gasteiger partial charge is 0.230 e. The highest BCUT2D eigenvalue weighted by molar-refractivity contribution is 7.99. The molecule has 0 unspecified atom stereocenters. The van der Waals surface area contributed by atoms with Crippen molar-refractivity contribution in [2.75, 3.05) is 31.3 Å². The Hall–Kier alpha value is -2.64. The van der Waals surface area contributed by atoms with E-state index in [1.807, 2.05) is 54.6 Å². The fraction of sp³-hybridized carbons (Fsp3) is 0.211. The lowest BCUT2D eigenvalue weighted by Gasteiger charge is -2.10. The number of methoxy groups -OCH3 is 1. The van der Waals surface area contributed by atoms with Gasteiger partial charge in [-0.15, -0.1) is 0 Å². The van der Waals surface area contributed by atoms with Crippen molar-refractivity contribution in [3.05, 3.63) is 54.6 Å². The number of nitrogens with one attached hydrogen (secondary N) is 2. The highest BCUT2D eigenvalue weighted by Crippen LogP contribution is 2.26. The molecule has 0 aliphatic heterocycles. The van der Waals surface area contributed by atoms with Crippen LogP contribution in [0.1, 0.15) is 0 Å². The standard InChI is InChI=1S/C19H20N4O2S/c1-25-12-11-20-17(24)13-26-19-22-16-10-6-5-9-15(16)18(23-19)21-14-7-3-2-4-8-14/h2-10H,11-13H2,1H3,(H,20,24)(H,21,22,23). The van der Waals surface area contributed by atoms with Gasteiger partial charge in [-0.2, -0.15) is 0 Å². The zero-order valence-corrected chi connectivity index (χ0v) is 15.3. The van der Waals surface area contributed by atoms with Crippen LogP contribution in [0.3, 0.4) is 0 Å². The first-order chi connectivity index (χ1) is 12.8. The minimum atomic E-state index is -0.0682. The van der Waals surface area contributed by atoms with Crippen LogP contribution in [-0.4, -0.2) is 41.9 Å². The quantitative estimate of drug-likeness (QED) is 0.361. The molecule has 134 valence electrons. The number of nitrogens with zero attached hydrogens (tertiary/aromatic N) is 2. The molecule has 6 nitrogen and oxygen atoms in total. The SMILES string of the molecule is COCCNC(=O)CSc1nc(Nc2ccccc2)c2ccccc2n1. The van der Waals surface area contributed by atoms with Crippen LogP contribution in [0.15, 0.2) is 59.8 Å². The Morgan fingerprint density at radius 2 is 1.85 bits per heavy atom. The van der Waals surface area contributed by atoms with Gasteiger partial charge in [0.25, 0.3) is 0 Å². The summed E-state index contributed by atoms with van der Waals surface area (Å²) in [5.41, 5.74) is 1.79. The van der Waals surface area contributed by atoms with E-state index < -0.39 is 0 Å². The van der Waals surface area contributed by atoms with Crippen LogP contribution in [0.25, 0.3) is 10.9 Å². The molecule has 0 saturated carbocycles. The number of carbonyl (C=O) groups is 1. The van der Waals surface area contributed by atoms with Crippen LogP contribution in [0, 0.1) is 0 Å². The lowest BCUT2D eigenvalue weighted by molar-refractivity contribution is -0.118. The van der Waals surface area contributed by atoms with Crippen LogP contribution in [0.5, 0.6) is 0 Å². The molecular formula is C19H20N4O2S. The lowest BCUT2D eigenvalue weighted by Crippen LogP contribution is -2.28. The number of hydrogen-bond acceptors (Lipinski definition) is 6. The fourth-order valence-corrected chi connectivity index (χ4v) is 3.03. The van der Waals surface area contributed by atoms with E-state index in [-0.39, 0.29) is 11.7 Å². The van der Waals surface area contributed by atoms with Gasteiger partial charge in [-0.1, -0.05) is 42.1 Å². The Kier molecular flexibility index (Phi) is 6.40. The average molecular weight is 368 g/mol. The third kappa shape index (κ3) is 4.93. The number of anilines is 2. The molecule has 2 aromatic carbocycles. The minimum absolute atomic E-state index is 0.0682. The Morgan fingerprint density at radius 1 is 1.08 bits per heavy atom. The zero-order chi connectivity index (χ0) is 18.2. The van der Waals surface area contributed by atoms with E-state index in [2.05, 4.69) is 20.6 Å². The molecule has 1 amide bonds. The first-order valence-corrected chi connectivity index (χ1v) is 9.22. The first kappa shape index (κ1) is 18.2. The van der Waals surface area contributed by atoms with E-state index in [9.17, 15) is 4.79 Å². The number of amides is 1. The molecule has 0 aliphatic carbocycles. The largest absolute Gasteiger partial charge is 0.383 e. The fourth-order valence-electron chi connectivity index (χ4n) is 2.35. The molecular weight excluding hydrogens is 348 g/mol. The maximum atomic E-state index is 11.9. The van der Waals surface area contributed by atoms with Crippen LogP contribution < -0.4 is 10.6 Å². The maximum Gasteiger partial charge on any atom is 0.230 e. The van der Waals surface area contributed by atoms with E-state index in [1.54, 1.807) is 7.11 Å². The molecule has 0 atom stereocenters. The maximum absolute atomic E-state index is 11.9. The molecule has 0 spiro atoms. The number of para-hydroxylation sites is 2. The minimum Gasteiger partial charge on any atom is -0.383 e. The van der Waals surface area contributed by atoms with Crippen LogP contribution in [-0.2, 0) is 9.53 Å². The van der Waals surface area contributed by atoms with Gasteiger partial charge in [0.2, 0.25) is 5.91 Å². The van der Waals surface area contributed by atoms with Crippen molar-refractivity contribution in [2.45, 2.75) is 5.16 Å². The van der Waals surface area contributed by atoms with Crippen molar-refractivity contribution >= 4 is 40.1 Å². The van der Waals surface area contributed by atoms with E-state index >= 15 is 0 Å². The van der Waals surface area contributed by atoms with Crippen molar-refractivity contribution in [1.82, 2.24) is 15.3 Å². The van der Waals surface area contributed by atoms with Gasteiger partial charge >= 0.3 is 0 Å². The molecule has 1 aromatic heterocycles. The third-order valence-corrected chi connectivity index (χ3v) is 4.43. The molecule has 1 heterocycles. The van der Waals surface area contributed by atoms with Crippen molar-refractivity contribution in [2.24, 2.45) is 0 Å². The van der Waals surface area contributed by atoms with Crippen molar-refractivity contribution in [1.29, 1.82) is 0 Å². The topological polar surface area (TPSA) is 76.1 Å². The first-order valence-electron chi connectivity index (χ1n) is 8.23. The highest BCUT2D eigenvalue weighted by atomic mass is 32.2. The zero-order valence-electron chi connectivity index (χ0n) is 14.4. The number of benzene rings is 2. The molecule has 0 saturated heterocycles. The molecule has 0 aliphatic rings. The van der Waals surface area contributed by atoms with Gasteiger partial charge in [0.15, 0.2) is 5.16 Å². The predicted molar refractivity (Wildman–Crippen MR) is 105 cm³/mol. The number of hydrogen-bond donors (Lipinski definition) is 2. The number of fused-ring (bicyclic) bond motifs is 1. The third-order valence-electron chi connectivity index (χ3n) is 3.58. The summed E-state index contributed by atoms with van der Waals surface area (Å²) in [6, 6.07) is 17.7. The second kappa shape index (κ2) is 9.17. The molecule has 3 rings (SSSR count). The molecule has 26 heavy (non-hydrogen) atoms. The van der Waals surface area contributed by atoms with Crippen molar-refractivity contribution in [3.8, 4) is 0 Å². The van der Waals surface area contributed by atoms with Gasteiger partial charge in [-0.05, 0) is 24.3 Å². The molecule has 0 bridgehead atoms. The molecule has 0 radical (unpaired) electrons. The molecule has 0 fully saturated rings. The number of ether oxygens (including phenoxy) is 1. The lowest BCUT2D eigenvalue weighted by atomic mass is 10.2. The van der Waals surface area contributed by atoms with E-state index in [0.29, 0.717) is 18.3 Å². The number of aromatic nitrogens is 2. The van der Waals surface area contributed by atoms with Crippen LogP contribution in [0.4, 0.5) is 11.5 Å². The second-order valence-corrected chi connectivity index (χ2v) is 6.44. The normalized spacial score (nSPS) is 10.7. The van der Waals surface area contributed by atoms with E-state index in [0.717, 1.165) is 22.4 Å². The molecule has 7 heteroatoms. The average Bonchev–Trinajstić information content (AvgIpc) is 2.67. The van der Waals surface area contributed by atoms with Crippen LogP contribution >= 0.6 is 11.8 Å². The number of carbonyl (C=O) groups excluding carboxylic acids is 1. The van der Waals surface area contributed by atoms with Crippen LogP contribution in [0.2, 0.25) is 0 Å². The van der Waals surface area contributed by atoms with E-state index in [4.69, 9.17) is 4.74 Å². The van der Waals surface area contributed by atoms with Gasteiger partial charge in [0.1, 0.15) is 5.82 Å². The van der Waals surface area contributed by atoms with Gasteiger partial charge in [-0.3, -0.25) is 4.79 Å². The summed E-state index contributed by atoms with van der Waals surface area (Å²) >= 11 is 1.31. The molecule has 3 aromatic rings. The van der Waals surface area contributed by atoms with Crippen molar-refractivity contribution < 1.29 is 9.53 Å². The Labute approximate surface area is 156 Å². The summed E-state index contributed by atoms with van der Waals surface area (Å²) < 4.78 is 4.92. The highest BCUT2D eigenvalue weighted by Gasteiger charge is 2.10. The Morgan fingerprint density at radius 3 is 2.65 bits per heavy atom. The second-order valence-electron chi connectivity index (χ2n) is 5.49. The summed E-state index contributed by atoms with van der Waals surface area (Å²) in [5, 5.41) is 7.62. The van der Waals surface area contributed by atoms with Gasteiger partial charge in [0, 0.05) is 24.7 Å². The molecule has 2 N–H and O–H groups in total. The summed E-state index contributed by atoms with van der Waals surface area (Å²) in [6.07, 6.45) is 0. The Bertz CT molecular complexity index is 874. The summed E-state index contributed by atoms with van der Waals surface area (Å²) in [6.45, 7) is 0.989. The summed E-state index contributed by atoms with van der Waals surface area (Å²) in [5.74, 6) is 0.915. The monoisotopic (exact) mass is 368 g/mol. The van der Waals surface area contributed by atoms with Gasteiger partial charge < -0.3 is 15.4 Å². The van der Waals surface area contributed by atoms with Gasteiger partial charge in [-0.25, -0.2) is 9.97 Å². The predicted octanol–water partition coefficient (Wildman–Crippen LogP) is 3.23.